The molecule has 0 fully saturated rings. The van der Waals surface area contributed by atoms with Gasteiger partial charge >= 0.3 is 0 Å². The average molecular weight is 294 g/mol. The Morgan fingerprint density at radius 2 is 1.05 bits per heavy atom. The SMILES string of the molecule is O=S(O)c1c(-c2ccccc2)cccc1-c1ccccc1. The minimum absolute atomic E-state index is 0.454. The van der Waals surface area contributed by atoms with Crippen molar-refractivity contribution in [1.29, 1.82) is 0 Å². The number of rotatable bonds is 3. The minimum atomic E-state index is -2.05. The van der Waals surface area contributed by atoms with Crippen molar-refractivity contribution in [2.45, 2.75) is 4.90 Å². The van der Waals surface area contributed by atoms with Crippen LogP contribution in [0.1, 0.15) is 0 Å². The van der Waals surface area contributed by atoms with Crippen LogP contribution in [0.25, 0.3) is 22.3 Å². The van der Waals surface area contributed by atoms with Crippen molar-refractivity contribution in [2.24, 2.45) is 0 Å². The maximum atomic E-state index is 11.9. The number of benzene rings is 3. The van der Waals surface area contributed by atoms with Crippen LogP contribution in [0.4, 0.5) is 0 Å². The van der Waals surface area contributed by atoms with Gasteiger partial charge in [0.05, 0.1) is 4.90 Å². The molecule has 0 heterocycles. The summed E-state index contributed by atoms with van der Waals surface area (Å²) in [5.41, 5.74) is 3.45. The third-order valence-electron chi connectivity index (χ3n) is 3.36. The monoisotopic (exact) mass is 294 g/mol. The van der Waals surface area contributed by atoms with Gasteiger partial charge in [-0.15, -0.1) is 0 Å². The highest BCUT2D eigenvalue weighted by Gasteiger charge is 2.15. The van der Waals surface area contributed by atoms with Crippen molar-refractivity contribution < 1.29 is 8.76 Å². The Bertz CT molecular complexity index is 710. The van der Waals surface area contributed by atoms with Gasteiger partial charge in [-0.2, -0.15) is 0 Å². The molecular weight excluding hydrogens is 280 g/mol. The highest BCUT2D eigenvalue weighted by Crippen LogP contribution is 2.34. The van der Waals surface area contributed by atoms with Gasteiger partial charge in [-0.05, 0) is 11.1 Å². The molecule has 0 saturated carbocycles. The van der Waals surface area contributed by atoms with E-state index in [0.29, 0.717) is 4.90 Å². The first-order chi connectivity index (χ1) is 10.3. The van der Waals surface area contributed by atoms with E-state index < -0.39 is 11.1 Å². The van der Waals surface area contributed by atoms with E-state index in [1.165, 1.54) is 0 Å². The summed E-state index contributed by atoms with van der Waals surface area (Å²) in [5.74, 6) is 0. The molecular formula is C18H14O2S. The van der Waals surface area contributed by atoms with Crippen LogP contribution in [0.5, 0.6) is 0 Å². The molecule has 1 N–H and O–H groups in total. The van der Waals surface area contributed by atoms with E-state index in [1.807, 2.05) is 78.9 Å². The standard InChI is InChI=1S/C18H14O2S/c19-21(20)18-16(14-8-3-1-4-9-14)12-7-13-17(18)15-10-5-2-6-11-15/h1-13H,(H,19,20). The summed E-state index contributed by atoms with van der Waals surface area (Å²) in [4.78, 5) is 0.454. The van der Waals surface area contributed by atoms with Gasteiger partial charge < -0.3 is 4.55 Å². The molecule has 0 bridgehead atoms. The number of hydrogen-bond donors (Lipinski definition) is 1. The maximum absolute atomic E-state index is 11.9. The zero-order valence-electron chi connectivity index (χ0n) is 11.3. The second-order valence-corrected chi connectivity index (χ2v) is 5.57. The van der Waals surface area contributed by atoms with Gasteiger partial charge in [0, 0.05) is 11.1 Å². The molecule has 0 aliphatic carbocycles. The van der Waals surface area contributed by atoms with Crippen LogP contribution in [-0.2, 0) is 11.1 Å². The van der Waals surface area contributed by atoms with Crippen LogP contribution in [0.2, 0.25) is 0 Å². The fourth-order valence-electron chi connectivity index (χ4n) is 2.42. The molecule has 0 aliphatic heterocycles. The Morgan fingerprint density at radius 3 is 1.43 bits per heavy atom. The van der Waals surface area contributed by atoms with E-state index in [2.05, 4.69) is 0 Å². The van der Waals surface area contributed by atoms with Gasteiger partial charge in [0.25, 0.3) is 0 Å². The van der Waals surface area contributed by atoms with Gasteiger partial charge in [0.1, 0.15) is 0 Å². The molecule has 3 heteroatoms. The second-order valence-electron chi connectivity index (χ2n) is 4.66. The predicted molar refractivity (Wildman–Crippen MR) is 86.4 cm³/mol. The van der Waals surface area contributed by atoms with E-state index >= 15 is 0 Å². The summed E-state index contributed by atoms with van der Waals surface area (Å²) in [5, 5.41) is 0. The lowest BCUT2D eigenvalue weighted by Gasteiger charge is -2.12. The van der Waals surface area contributed by atoms with Gasteiger partial charge in [0.2, 0.25) is 0 Å². The van der Waals surface area contributed by atoms with Crippen LogP contribution in [0.3, 0.4) is 0 Å². The summed E-state index contributed by atoms with van der Waals surface area (Å²) in [6.07, 6.45) is 0. The van der Waals surface area contributed by atoms with E-state index in [1.54, 1.807) is 0 Å². The summed E-state index contributed by atoms with van der Waals surface area (Å²) in [6.45, 7) is 0. The van der Waals surface area contributed by atoms with Crippen LogP contribution in [-0.4, -0.2) is 8.76 Å². The molecule has 0 saturated heterocycles. The van der Waals surface area contributed by atoms with Crippen molar-refractivity contribution in [3.63, 3.8) is 0 Å². The zero-order chi connectivity index (χ0) is 14.7. The Labute approximate surface area is 126 Å². The first-order valence-electron chi connectivity index (χ1n) is 6.62. The lowest BCUT2D eigenvalue weighted by atomic mass is 9.99. The van der Waals surface area contributed by atoms with Crippen LogP contribution in [0.15, 0.2) is 83.8 Å². The average Bonchev–Trinajstić information content (AvgIpc) is 2.55. The molecule has 1 unspecified atom stereocenters. The lowest BCUT2D eigenvalue weighted by molar-refractivity contribution is 0.565. The van der Waals surface area contributed by atoms with Crippen molar-refractivity contribution >= 4 is 11.1 Å². The molecule has 3 rings (SSSR count). The maximum Gasteiger partial charge on any atom is 0.187 e. The predicted octanol–water partition coefficient (Wildman–Crippen LogP) is 4.60. The number of hydrogen-bond acceptors (Lipinski definition) is 1. The van der Waals surface area contributed by atoms with Gasteiger partial charge in [-0.1, -0.05) is 78.9 Å². The van der Waals surface area contributed by atoms with Crippen LogP contribution >= 0.6 is 0 Å². The molecule has 0 radical (unpaired) electrons. The van der Waals surface area contributed by atoms with Crippen molar-refractivity contribution in [3.8, 4) is 22.3 Å². The summed E-state index contributed by atoms with van der Waals surface area (Å²) in [7, 11) is 0. The molecule has 1 atom stereocenters. The molecule has 3 aromatic rings. The smallest absolute Gasteiger partial charge is 0.187 e. The zero-order valence-corrected chi connectivity index (χ0v) is 12.1. The van der Waals surface area contributed by atoms with Crippen molar-refractivity contribution in [3.05, 3.63) is 78.9 Å². The van der Waals surface area contributed by atoms with Crippen LogP contribution < -0.4 is 0 Å². The Kier molecular flexibility index (Phi) is 3.95. The normalized spacial score (nSPS) is 12.0. The highest BCUT2D eigenvalue weighted by atomic mass is 32.2. The minimum Gasteiger partial charge on any atom is -0.302 e. The second kappa shape index (κ2) is 6.04. The van der Waals surface area contributed by atoms with Gasteiger partial charge in [-0.25, -0.2) is 4.21 Å². The largest absolute Gasteiger partial charge is 0.302 e. The van der Waals surface area contributed by atoms with Crippen molar-refractivity contribution in [1.82, 2.24) is 0 Å². The third kappa shape index (κ3) is 2.79. The summed E-state index contributed by atoms with van der Waals surface area (Å²) in [6, 6.07) is 25.0. The molecule has 2 nitrogen and oxygen atoms in total. The van der Waals surface area contributed by atoms with E-state index in [9.17, 15) is 8.76 Å². The third-order valence-corrected chi connectivity index (χ3v) is 4.15. The van der Waals surface area contributed by atoms with Gasteiger partial charge in [0.15, 0.2) is 11.1 Å². The molecule has 0 aliphatic rings. The van der Waals surface area contributed by atoms with Crippen LogP contribution in [0, 0.1) is 0 Å². The van der Waals surface area contributed by atoms with Crippen molar-refractivity contribution in [2.75, 3.05) is 0 Å². The Hall–Kier alpha value is -2.23. The first kappa shape index (κ1) is 13.7. The molecule has 21 heavy (non-hydrogen) atoms. The topological polar surface area (TPSA) is 37.3 Å². The first-order valence-corrected chi connectivity index (χ1v) is 7.73. The summed E-state index contributed by atoms with van der Waals surface area (Å²) < 4.78 is 21.7. The van der Waals surface area contributed by atoms with E-state index in [0.717, 1.165) is 22.3 Å². The van der Waals surface area contributed by atoms with E-state index in [4.69, 9.17) is 0 Å². The molecule has 0 amide bonds. The van der Waals surface area contributed by atoms with Gasteiger partial charge in [-0.3, -0.25) is 0 Å². The molecule has 104 valence electrons. The summed E-state index contributed by atoms with van der Waals surface area (Å²) >= 11 is -2.05. The molecule has 0 spiro atoms. The lowest BCUT2D eigenvalue weighted by Crippen LogP contribution is -1.96. The fourth-order valence-corrected chi connectivity index (χ4v) is 3.16. The molecule has 3 aromatic carbocycles. The van der Waals surface area contributed by atoms with E-state index in [-0.39, 0.29) is 0 Å². The Morgan fingerprint density at radius 1 is 0.619 bits per heavy atom. The fraction of sp³-hybridized carbons (Fsp3) is 0. The Balaban J connectivity index is 2.26. The highest BCUT2D eigenvalue weighted by molar-refractivity contribution is 7.79. The quantitative estimate of drug-likeness (QED) is 0.717. The molecule has 0 aromatic heterocycles.